The van der Waals surface area contributed by atoms with Gasteiger partial charge in [0.05, 0.1) is 29.7 Å². The summed E-state index contributed by atoms with van der Waals surface area (Å²) >= 11 is 0. The smallest absolute Gasteiger partial charge is 0.305 e. The van der Waals surface area contributed by atoms with Gasteiger partial charge in [-0.25, -0.2) is 8.78 Å². The van der Waals surface area contributed by atoms with Crippen molar-refractivity contribution in [3.05, 3.63) is 95.3 Å². The molecule has 13 heteroatoms. The lowest BCUT2D eigenvalue weighted by molar-refractivity contribution is -0.140. The molecule has 2 aromatic heterocycles. The number of aromatic amines is 1. The number of carbonyl (C=O) groups is 4. The third-order valence-corrected chi connectivity index (χ3v) is 6.58. The van der Waals surface area contributed by atoms with E-state index in [1.165, 1.54) is 62.0 Å². The summed E-state index contributed by atoms with van der Waals surface area (Å²) in [4.78, 5) is 56.9. The molecule has 3 amide bonds. The molecule has 0 unspecified atom stereocenters. The van der Waals surface area contributed by atoms with E-state index < -0.39 is 41.4 Å². The van der Waals surface area contributed by atoms with Crippen LogP contribution in [0.5, 0.6) is 11.5 Å². The fourth-order valence-electron chi connectivity index (χ4n) is 4.25. The molecular weight excluding hydrogens is 588 g/mol. The molecule has 2 aromatic carbocycles. The van der Waals surface area contributed by atoms with Gasteiger partial charge in [0.15, 0.2) is 11.6 Å². The molecule has 0 radical (unpaired) electrons. The van der Waals surface area contributed by atoms with Crippen molar-refractivity contribution >= 4 is 29.4 Å². The van der Waals surface area contributed by atoms with Gasteiger partial charge in [0.2, 0.25) is 5.91 Å². The molecule has 0 saturated carbocycles. The highest BCUT2D eigenvalue weighted by molar-refractivity contribution is 6.04. The van der Waals surface area contributed by atoms with Crippen LogP contribution in [0.3, 0.4) is 0 Å². The van der Waals surface area contributed by atoms with Gasteiger partial charge < -0.3 is 30.4 Å². The summed E-state index contributed by atoms with van der Waals surface area (Å²) < 4.78 is 39.1. The van der Waals surface area contributed by atoms with Crippen molar-refractivity contribution in [3.8, 4) is 22.9 Å². The quantitative estimate of drug-likeness (QED) is 0.165. The maximum absolute atomic E-state index is 14.7. The Morgan fingerprint density at radius 1 is 0.956 bits per heavy atom. The number of nitrogens with zero attached hydrogens (tertiary/aromatic N) is 1. The fourth-order valence-corrected chi connectivity index (χ4v) is 4.25. The Kier molecular flexibility index (Phi) is 10.6. The summed E-state index contributed by atoms with van der Waals surface area (Å²) in [5, 5.41) is 7.73. The van der Waals surface area contributed by atoms with E-state index in [1.807, 2.05) is 0 Å². The number of aromatic nitrogens is 2. The van der Waals surface area contributed by atoms with E-state index in [-0.39, 0.29) is 41.2 Å². The molecule has 45 heavy (non-hydrogen) atoms. The van der Waals surface area contributed by atoms with Crippen LogP contribution >= 0.6 is 0 Å². The number of carbonyl (C=O) groups excluding carboxylic acids is 4. The molecule has 1 atom stereocenters. The molecule has 0 aliphatic rings. The highest BCUT2D eigenvalue weighted by Gasteiger charge is 2.23. The average Bonchev–Trinajstić information content (AvgIpc) is 3.53. The first-order valence-corrected chi connectivity index (χ1v) is 13.9. The molecule has 0 aliphatic carbocycles. The first kappa shape index (κ1) is 32.3. The van der Waals surface area contributed by atoms with Crippen LogP contribution in [-0.4, -0.2) is 53.4 Å². The Labute approximate surface area is 257 Å². The minimum atomic E-state index is -0.965. The van der Waals surface area contributed by atoms with Crippen LogP contribution in [-0.2, 0) is 14.3 Å². The lowest BCUT2D eigenvalue weighted by Gasteiger charge is -2.17. The lowest BCUT2D eigenvalue weighted by atomic mass is 10.1. The second-order valence-corrected chi connectivity index (χ2v) is 9.90. The van der Waals surface area contributed by atoms with Gasteiger partial charge in [-0.05, 0) is 68.3 Å². The highest BCUT2D eigenvalue weighted by atomic mass is 19.1. The first-order valence-electron chi connectivity index (χ1n) is 13.9. The molecule has 0 aliphatic heterocycles. The van der Waals surface area contributed by atoms with Gasteiger partial charge in [-0.3, -0.25) is 24.2 Å². The van der Waals surface area contributed by atoms with Crippen molar-refractivity contribution in [2.24, 2.45) is 0 Å². The highest BCUT2D eigenvalue weighted by Crippen LogP contribution is 2.29. The van der Waals surface area contributed by atoms with Gasteiger partial charge >= 0.3 is 5.97 Å². The normalized spacial score (nSPS) is 11.3. The Morgan fingerprint density at radius 3 is 2.49 bits per heavy atom. The summed E-state index contributed by atoms with van der Waals surface area (Å²) in [6, 6.07) is 11.3. The summed E-state index contributed by atoms with van der Waals surface area (Å²) in [5.74, 6) is -3.58. The molecular formula is C32H31F2N5O6. The van der Waals surface area contributed by atoms with E-state index >= 15 is 0 Å². The van der Waals surface area contributed by atoms with E-state index in [9.17, 15) is 28.0 Å². The van der Waals surface area contributed by atoms with Crippen molar-refractivity contribution in [3.63, 3.8) is 0 Å². The van der Waals surface area contributed by atoms with Crippen LogP contribution in [0.15, 0.2) is 67.0 Å². The van der Waals surface area contributed by atoms with Crippen molar-refractivity contribution in [1.29, 1.82) is 0 Å². The summed E-state index contributed by atoms with van der Waals surface area (Å²) in [5.41, 5.74) is 1.74. The zero-order chi connectivity index (χ0) is 32.5. The van der Waals surface area contributed by atoms with Crippen molar-refractivity contribution in [2.75, 3.05) is 19.0 Å². The van der Waals surface area contributed by atoms with Gasteiger partial charge in [0, 0.05) is 37.0 Å². The second kappa shape index (κ2) is 14.7. The minimum absolute atomic E-state index is 0.00879. The zero-order valence-corrected chi connectivity index (χ0v) is 24.7. The third kappa shape index (κ3) is 8.50. The number of hydrogen-bond donors (Lipinski definition) is 4. The number of nitrogens with one attached hydrogen (secondary N) is 4. The SMILES string of the molecule is CCNC(=O)[C@H](CCC(=O)OC)NC(=O)c1c[nH]c(-c2cc(Oc3cc(C(=O)Nc4cc(C)ccc4F)ccc3F)ccn2)c1. The Bertz CT molecular complexity index is 1720. The maximum atomic E-state index is 14.7. The van der Waals surface area contributed by atoms with Crippen LogP contribution < -0.4 is 20.7 Å². The Hall–Kier alpha value is -5.59. The number of methoxy groups -OCH3 is 1. The number of esters is 1. The number of rotatable bonds is 12. The minimum Gasteiger partial charge on any atom is -0.469 e. The van der Waals surface area contributed by atoms with Crippen LogP contribution in [0.4, 0.5) is 14.5 Å². The fraction of sp³-hybridized carbons (Fsp3) is 0.219. The first-order chi connectivity index (χ1) is 21.6. The number of ether oxygens (including phenoxy) is 2. The number of pyridine rings is 1. The Morgan fingerprint density at radius 2 is 1.73 bits per heavy atom. The summed E-state index contributed by atoms with van der Waals surface area (Å²) in [6.07, 6.45) is 2.82. The van der Waals surface area contributed by atoms with Crippen molar-refractivity contribution in [2.45, 2.75) is 32.7 Å². The topological polar surface area (TPSA) is 152 Å². The third-order valence-electron chi connectivity index (χ3n) is 6.58. The molecule has 4 N–H and O–H groups in total. The molecule has 11 nitrogen and oxygen atoms in total. The van der Waals surface area contributed by atoms with Crippen LogP contribution in [0.1, 0.15) is 46.0 Å². The van der Waals surface area contributed by atoms with Crippen LogP contribution in [0.25, 0.3) is 11.4 Å². The second-order valence-electron chi connectivity index (χ2n) is 9.90. The van der Waals surface area contributed by atoms with Gasteiger partial charge in [0.1, 0.15) is 17.6 Å². The predicted molar refractivity (Wildman–Crippen MR) is 161 cm³/mol. The molecule has 234 valence electrons. The van der Waals surface area contributed by atoms with E-state index in [2.05, 4.69) is 30.7 Å². The van der Waals surface area contributed by atoms with Crippen LogP contribution in [0, 0.1) is 18.6 Å². The molecule has 0 fully saturated rings. The number of benzene rings is 2. The number of likely N-dealkylation sites (N-methyl/N-ethyl adjacent to an activating group) is 1. The molecule has 2 heterocycles. The zero-order valence-electron chi connectivity index (χ0n) is 24.7. The van der Waals surface area contributed by atoms with E-state index in [4.69, 9.17) is 4.74 Å². The molecule has 0 saturated heterocycles. The Balaban J connectivity index is 1.47. The number of halogens is 2. The molecule has 4 rings (SSSR count). The van der Waals surface area contributed by atoms with Gasteiger partial charge in [0.25, 0.3) is 11.8 Å². The van der Waals surface area contributed by atoms with E-state index in [1.54, 1.807) is 19.9 Å². The summed E-state index contributed by atoms with van der Waals surface area (Å²) in [6.45, 7) is 3.83. The lowest BCUT2D eigenvalue weighted by Crippen LogP contribution is -2.46. The van der Waals surface area contributed by atoms with Gasteiger partial charge in [-0.1, -0.05) is 6.07 Å². The molecule has 0 spiro atoms. The van der Waals surface area contributed by atoms with Gasteiger partial charge in [-0.15, -0.1) is 0 Å². The summed E-state index contributed by atoms with van der Waals surface area (Å²) in [7, 11) is 1.24. The maximum Gasteiger partial charge on any atom is 0.305 e. The molecule has 4 aromatic rings. The van der Waals surface area contributed by atoms with E-state index in [0.29, 0.717) is 17.9 Å². The predicted octanol–water partition coefficient (Wildman–Crippen LogP) is 4.90. The number of anilines is 1. The van der Waals surface area contributed by atoms with Crippen molar-refractivity contribution < 1.29 is 37.4 Å². The number of H-pyrrole nitrogens is 1. The standard InChI is InChI=1S/C32H31F2N5O6/c1-4-35-32(43)24(9-10-29(40)44-3)38-31(42)20-14-26(37-17-20)27-16-21(11-12-36-27)45-28-15-19(6-8-23(28)34)30(41)39-25-13-18(2)5-7-22(25)33/h5-8,11-17,24,37H,4,9-10H2,1-3H3,(H,35,43)(H,38,42)(H,39,41)/t24-/m0/s1. The largest absolute Gasteiger partial charge is 0.469 e. The number of amides is 3. The van der Waals surface area contributed by atoms with Gasteiger partial charge in [-0.2, -0.15) is 0 Å². The number of hydrogen-bond acceptors (Lipinski definition) is 7. The molecule has 0 bridgehead atoms. The number of aryl methyl sites for hydroxylation is 1. The van der Waals surface area contributed by atoms with E-state index in [0.717, 1.165) is 11.6 Å². The average molecular weight is 620 g/mol. The van der Waals surface area contributed by atoms with Crippen LogP contribution in [0.2, 0.25) is 0 Å². The van der Waals surface area contributed by atoms with Crippen molar-refractivity contribution in [1.82, 2.24) is 20.6 Å². The monoisotopic (exact) mass is 619 g/mol.